The predicted octanol–water partition coefficient (Wildman–Crippen LogP) is 3.72. The molecule has 0 unspecified atom stereocenters. The molecule has 0 N–H and O–H groups in total. The van der Waals surface area contributed by atoms with Gasteiger partial charge in [0.25, 0.3) is 5.91 Å². The molecule has 118 valence electrons. The van der Waals surface area contributed by atoms with Crippen molar-refractivity contribution in [3.05, 3.63) is 38.5 Å². The van der Waals surface area contributed by atoms with Crippen molar-refractivity contribution in [2.45, 2.75) is 32.3 Å². The number of hydrogen-bond acceptors (Lipinski definition) is 5. The van der Waals surface area contributed by atoms with E-state index in [2.05, 4.69) is 26.2 Å². The van der Waals surface area contributed by atoms with Gasteiger partial charge in [0, 0.05) is 17.3 Å². The maximum atomic E-state index is 12.5. The molecule has 22 heavy (non-hydrogen) atoms. The summed E-state index contributed by atoms with van der Waals surface area (Å²) in [6.07, 6.45) is -0.112. The third kappa shape index (κ3) is 3.24. The molecule has 2 aromatic rings. The van der Waals surface area contributed by atoms with E-state index in [0.29, 0.717) is 19.7 Å². The zero-order valence-corrected chi connectivity index (χ0v) is 14.7. The van der Waals surface area contributed by atoms with Gasteiger partial charge < -0.3 is 9.64 Å². The number of carbonyl (C=O) groups excluding carboxylic acids is 1. The Morgan fingerprint density at radius 1 is 1.41 bits per heavy atom. The summed E-state index contributed by atoms with van der Waals surface area (Å²) in [4.78, 5) is 19.8. The maximum absolute atomic E-state index is 12.5. The van der Waals surface area contributed by atoms with Crippen LogP contribution in [0.15, 0.2) is 22.9 Å². The van der Waals surface area contributed by atoms with Crippen LogP contribution >= 0.6 is 22.7 Å². The molecule has 2 aromatic heterocycles. The van der Waals surface area contributed by atoms with Crippen molar-refractivity contribution >= 4 is 28.6 Å². The van der Waals surface area contributed by atoms with Gasteiger partial charge in [0.15, 0.2) is 0 Å². The predicted molar refractivity (Wildman–Crippen MR) is 89.7 cm³/mol. The summed E-state index contributed by atoms with van der Waals surface area (Å²) < 4.78 is 5.85. The van der Waals surface area contributed by atoms with Gasteiger partial charge in [-0.05, 0) is 11.4 Å². The quantitative estimate of drug-likeness (QED) is 0.839. The average molecular weight is 336 g/mol. The van der Waals surface area contributed by atoms with Crippen molar-refractivity contribution in [3.8, 4) is 0 Å². The van der Waals surface area contributed by atoms with Crippen molar-refractivity contribution in [2.75, 3.05) is 19.7 Å². The van der Waals surface area contributed by atoms with Crippen molar-refractivity contribution in [1.29, 1.82) is 0 Å². The molecule has 0 aliphatic carbocycles. The molecular formula is C16H20N2O2S2. The van der Waals surface area contributed by atoms with Gasteiger partial charge in [-0.15, -0.1) is 22.7 Å². The summed E-state index contributed by atoms with van der Waals surface area (Å²) in [5.41, 5.74) is 1.12. The zero-order valence-electron chi connectivity index (χ0n) is 13.0. The van der Waals surface area contributed by atoms with E-state index >= 15 is 0 Å². The number of thiophene rings is 1. The van der Waals surface area contributed by atoms with E-state index in [1.165, 1.54) is 11.3 Å². The number of thiazole rings is 1. The van der Waals surface area contributed by atoms with E-state index in [1.54, 1.807) is 11.3 Å². The van der Waals surface area contributed by atoms with E-state index in [0.717, 1.165) is 15.6 Å². The Morgan fingerprint density at radius 2 is 2.23 bits per heavy atom. The number of aromatic nitrogens is 1. The molecule has 1 aliphatic heterocycles. The summed E-state index contributed by atoms with van der Waals surface area (Å²) in [5, 5.41) is 4.99. The van der Waals surface area contributed by atoms with Crippen LogP contribution < -0.4 is 0 Å². The molecule has 1 amide bonds. The minimum absolute atomic E-state index is 0.0376. The first-order valence-corrected chi connectivity index (χ1v) is 9.11. The fraction of sp³-hybridized carbons (Fsp3) is 0.500. The van der Waals surface area contributed by atoms with Crippen LogP contribution in [0.3, 0.4) is 0 Å². The van der Waals surface area contributed by atoms with Gasteiger partial charge in [-0.1, -0.05) is 26.8 Å². The lowest BCUT2D eigenvalue weighted by molar-refractivity contribution is -0.0228. The van der Waals surface area contributed by atoms with Crippen LogP contribution in [0.4, 0.5) is 0 Å². The monoisotopic (exact) mass is 336 g/mol. The first-order valence-electron chi connectivity index (χ1n) is 7.35. The number of nitrogens with zero attached hydrogens (tertiary/aromatic N) is 2. The van der Waals surface area contributed by atoms with E-state index in [-0.39, 0.29) is 17.4 Å². The van der Waals surface area contributed by atoms with Crippen molar-refractivity contribution in [2.24, 2.45) is 0 Å². The Bertz CT molecular complexity index is 643. The number of morpholine rings is 1. The minimum atomic E-state index is -0.112. The van der Waals surface area contributed by atoms with Crippen LogP contribution in [0, 0.1) is 0 Å². The molecule has 1 saturated heterocycles. The molecule has 0 spiro atoms. The number of amides is 1. The lowest BCUT2D eigenvalue weighted by Crippen LogP contribution is -2.42. The Morgan fingerprint density at radius 3 is 2.86 bits per heavy atom. The topological polar surface area (TPSA) is 42.4 Å². The Balaban J connectivity index is 1.73. The lowest BCUT2D eigenvalue weighted by Gasteiger charge is -2.31. The van der Waals surface area contributed by atoms with Crippen molar-refractivity contribution in [3.63, 3.8) is 0 Å². The Labute approximate surface area is 138 Å². The maximum Gasteiger partial charge on any atom is 0.264 e. The summed E-state index contributed by atoms with van der Waals surface area (Å²) in [5.74, 6) is 0.0934. The third-order valence-electron chi connectivity index (χ3n) is 3.65. The van der Waals surface area contributed by atoms with Gasteiger partial charge in [-0.25, -0.2) is 4.98 Å². The Kier molecular flexibility index (Phi) is 4.34. The van der Waals surface area contributed by atoms with Gasteiger partial charge >= 0.3 is 0 Å². The van der Waals surface area contributed by atoms with Crippen LogP contribution in [-0.2, 0) is 10.2 Å². The molecule has 3 heterocycles. The van der Waals surface area contributed by atoms with Crippen LogP contribution in [-0.4, -0.2) is 35.5 Å². The smallest absolute Gasteiger partial charge is 0.264 e. The summed E-state index contributed by atoms with van der Waals surface area (Å²) >= 11 is 3.11. The fourth-order valence-electron chi connectivity index (χ4n) is 2.32. The minimum Gasteiger partial charge on any atom is -0.367 e. The summed E-state index contributed by atoms with van der Waals surface area (Å²) in [6, 6.07) is 3.78. The van der Waals surface area contributed by atoms with Crippen LogP contribution in [0.5, 0.6) is 0 Å². The van der Waals surface area contributed by atoms with E-state index < -0.39 is 0 Å². The summed E-state index contributed by atoms with van der Waals surface area (Å²) in [7, 11) is 0. The Hall–Kier alpha value is -1.24. The van der Waals surface area contributed by atoms with Crippen LogP contribution in [0.1, 0.15) is 47.2 Å². The number of hydrogen-bond donors (Lipinski definition) is 0. The molecule has 4 nitrogen and oxygen atoms in total. The number of ether oxygens (including phenoxy) is 1. The molecule has 1 atom stereocenters. The fourth-order valence-corrected chi connectivity index (χ4v) is 4.09. The average Bonchev–Trinajstić information content (AvgIpc) is 3.17. The van der Waals surface area contributed by atoms with Crippen LogP contribution in [0.2, 0.25) is 0 Å². The van der Waals surface area contributed by atoms with Gasteiger partial charge in [-0.2, -0.15) is 0 Å². The van der Waals surface area contributed by atoms with E-state index in [4.69, 9.17) is 9.72 Å². The van der Waals surface area contributed by atoms with Gasteiger partial charge in [-0.3, -0.25) is 4.79 Å². The first kappa shape index (κ1) is 15.6. The standard InChI is InChI=1S/C16H20N2O2S2/c1-16(2,3)13-10-22-14(17-13)11-9-18(6-7-20-11)15(19)12-5-4-8-21-12/h4-5,8,10-11H,6-7,9H2,1-3H3/t11-/m0/s1. The van der Waals surface area contributed by atoms with Crippen molar-refractivity contribution < 1.29 is 9.53 Å². The molecule has 0 saturated carbocycles. The first-order chi connectivity index (χ1) is 10.4. The van der Waals surface area contributed by atoms with E-state index in [9.17, 15) is 4.79 Å². The van der Waals surface area contributed by atoms with Gasteiger partial charge in [0.1, 0.15) is 11.1 Å². The molecule has 1 aliphatic rings. The SMILES string of the molecule is CC(C)(C)c1csc([C@@H]2CN(C(=O)c3cccs3)CCO2)n1. The molecule has 1 fully saturated rings. The second-order valence-electron chi connectivity index (χ2n) is 6.41. The second kappa shape index (κ2) is 6.10. The molecular weight excluding hydrogens is 316 g/mol. The molecule has 0 bridgehead atoms. The normalized spacial score (nSPS) is 19.4. The second-order valence-corrected chi connectivity index (χ2v) is 8.25. The van der Waals surface area contributed by atoms with Crippen molar-refractivity contribution in [1.82, 2.24) is 9.88 Å². The lowest BCUT2D eigenvalue weighted by atomic mass is 9.93. The molecule has 0 radical (unpaired) electrons. The number of carbonyl (C=O) groups is 1. The highest BCUT2D eigenvalue weighted by Gasteiger charge is 2.29. The van der Waals surface area contributed by atoms with E-state index in [1.807, 2.05) is 22.4 Å². The highest BCUT2D eigenvalue weighted by atomic mass is 32.1. The van der Waals surface area contributed by atoms with Crippen LogP contribution in [0.25, 0.3) is 0 Å². The molecule has 3 rings (SSSR count). The highest BCUT2D eigenvalue weighted by Crippen LogP contribution is 2.30. The molecule has 0 aromatic carbocycles. The van der Waals surface area contributed by atoms with Gasteiger partial charge in [0.05, 0.1) is 23.7 Å². The zero-order chi connectivity index (χ0) is 15.7. The highest BCUT2D eigenvalue weighted by molar-refractivity contribution is 7.12. The number of rotatable bonds is 2. The van der Waals surface area contributed by atoms with Gasteiger partial charge in [0.2, 0.25) is 0 Å². The third-order valence-corrected chi connectivity index (χ3v) is 5.45. The molecule has 6 heteroatoms. The largest absolute Gasteiger partial charge is 0.367 e. The summed E-state index contributed by atoms with van der Waals surface area (Å²) in [6.45, 7) is 8.24.